The summed E-state index contributed by atoms with van der Waals surface area (Å²) in [7, 11) is 0. The number of hydrogen-bond acceptors (Lipinski definition) is 6. The Labute approximate surface area is 184 Å². The zero-order valence-corrected chi connectivity index (χ0v) is 18.8. The van der Waals surface area contributed by atoms with Crippen LogP contribution in [0, 0.1) is 5.41 Å². The van der Waals surface area contributed by atoms with Crippen molar-refractivity contribution in [3.8, 4) is 0 Å². The van der Waals surface area contributed by atoms with E-state index < -0.39 is 11.4 Å². The molecule has 156 valence electrons. The molecule has 6 nitrogen and oxygen atoms in total. The molecule has 3 aromatic rings. The Morgan fingerprint density at radius 2 is 1.93 bits per heavy atom. The number of pyridine rings is 1. The standard InChI is InChI=1S/C22H24ClN5OS/c1-21(2,3)30(29)27-19-15-7-5-4-6-14(15)10-22(19)12-28(13-22)18-11-24-20-16(25-18)8-9-17(23)26-20/h4-9,11,19,27H,10,12-13H2,1-3H3/t19-,30-/m1/s1. The van der Waals surface area contributed by atoms with Crippen LogP contribution < -0.4 is 9.62 Å². The Morgan fingerprint density at radius 1 is 1.17 bits per heavy atom. The van der Waals surface area contributed by atoms with Crippen molar-refractivity contribution in [3.05, 3.63) is 58.9 Å². The minimum atomic E-state index is -1.14. The third-order valence-corrected chi connectivity index (χ3v) is 7.77. The predicted molar refractivity (Wildman–Crippen MR) is 121 cm³/mol. The quantitative estimate of drug-likeness (QED) is 0.491. The van der Waals surface area contributed by atoms with Gasteiger partial charge in [-0.2, -0.15) is 0 Å². The van der Waals surface area contributed by atoms with Crippen LogP contribution in [-0.4, -0.2) is 37.3 Å². The van der Waals surface area contributed by atoms with Crippen LogP contribution in [-0.2, 0) is 17.8 Å². The molecule has 1 N–H and O–H groups in total. The van der Waals surface area contributed by atoms with E-state index >= 15 is 0 Å². The molecule has 2 aromatic heterocycles. The van der Waals surface area contributed by atoms with E-state index in [2.05, 4.69) is 43.9 Å². The lowest BCUT2D eigenvalue weighted by molar-refractivity contribution is 0.170. The smallest absolute Gasteiger partial charge is 0.179 e. The van der Waals surface area contributed by atoms with Crippen molar-refractivity contribution in [1.82, 2.24) is 19.7 Å². The molecule has 5 rings (SSSR count). The van der Waals surface area contributed by atoms with Crippen LogP contribution in [0.4, 0.5) is 5.82 Å². The molecule has 3 heterocycles. The molecule has 0 saturated carbocycles. The van der Waals surface area contributed by atoms with Gasteiger partial charge in [0, 0.05) is 29.9 Å². The predicted octanol–water partition coefficient (Wildman–Crippen LogP) is 3.83. The van der Waals surface area contributed by atoms with Gasteiger partial charge in [-0.3, -0.25) is 0 Å². The third-order valence-electron chi connectivity index (χ3n) is 6.00. The zero-order chi connectivity index (χ0) is 21.1. The van der Waals surface area contributed by atoms with Crippen molar-refractivity contribution >= 4 is 39.9 Å². The summed E-state index contributed by atoms with van der Waals surface area (Å²) >= 11 is 4.81. The van der Waals surface area contributed by atoms with E-state index in [0.717, 1.165) is 30.8 Å². The number of aromatic nitrogens is 3. The van der Waals surface area contributed by atoms with Gasteiger partial charge in [0.05, 0.1) is 12.2 Å². The number of fused-ring (bicyclic) bond motifs is 2. The molecule has 8 heteroatoms. The number of anilines is 1. The van der Waals surface area contributed by atoms with E-state index in [0.29, 0.717) is 10.8 Å². The fourth-order valence-corrected chi connectivity index (χ4v) is 5.54. The summed E-state index contributed by atoms with van der Waals surface area (Å²) in [6.45, 7) is 7.68. The van der Waals surface area contributed by atoms with Gasteiger partial charge in [0.15, 0.2) is 5.65 Å². The second-order valence-corrected chi connectivity index (χ2v) is 11.6. The Morgan fingerprint density at radius 3 is 2.70 bits per heavy atom. The highest BCUT2D eigenvalue weighted by atomic mass is 35.5. The van der Waals surface area contributed by atoms with Crippen molar-refractivity contribution in [2.75, 3.05) is 18.0 Å². The SMILES string of the molecule is CC(C)(C)[S@@+]([O-])N[C@@H]1c2ccccc2CC12CN(c1cnc3nc(Cl)ccc3n1)C2. The Hall–Kier alpha value is -1.93. The molecule has 1 aliphatic heterocycles. The molecule has 0 unspecified atom stereocenters. The highest BCUT2D eigenvalue weighted by molar-refractivity contribution is 7.90. The normalized spacial score (nSPS) is 21.0. The first-order valence-corrected chi connectivity index (χ1v) is 11.6. The first-order valence-electron chi connectivity index (χ1n) is 10.1. The molecular formula is C22H24ClN5OS. The maximum Gasteiger partial charge on any atom is 0.179 e. The number of nitrogens with one attached hydrogen (secondary N) is 1. The molecule has 2 aliphatic rings. The molecule has 2 atom stereocenters. The van der Waals surface area contributed by atoms with Gasteiger partial charge in [0.2, 0.25) is 0 Å². The van der Waals surface area contributed by atoms with Gasteiger partial charge in [-0.05, 0) is 50.5 Å². The molecule has 1 spiro atoms. The van der Waals surface area contributed by atoms with Crippen molar-refractivity contribution in [2.24, 2.45) is 5.41 Å². The number of rotatable bonds is 3. The highest BCUT2D eigenvalue weighted by Crippen LogP contribution is 2.52. The summed E-state index contributed by atoms with van der Waals surface area (Å²) in [5.41, 5.74) is 3.88. The molecule has 1 fully saturated rings. The average Bonchev–Trinajstić information content (AvgIpc) is 3.00. The lowest BCUT2D eigenvalue weighted by atomic mass is 9.74. The lowest BCUT2D eigenvalue weighted by Gasteiger charge is -2.52. The molecule has 1 aliphatic carbocycles. The van der Waals surface area contributed by atoms with Crippen molar-refractivity contribution in [2.45, 2.75) is 38.0 Å². The van der Waals surface area contributed by atoms with Gasteiger partial charge >= 0.3 is 0 Å². The van der Waals surface area contributed by atoms with Crippen LogP contribution in [0.25, 0.3) is 11.2 Å². The minimum Gasteiger partial charge on any atom is -0.598 e. The lowest BCUT2D eigenvalue weighted by Crippen LogP contribution is -2.62. The topological polar surface area (TPSA) is 77.0 Å². The van der Waals surface area contributed by atoms with Gasteiger partial charge in [-0.1, -0.05) is 35.9 Å². The molecule has 1 aromatic carbocycles. The van der Waals surface area contributed by atoms with E-state index in [1.165, 1.54) is 11.1 Å². The summed E-state index contributed by atoms with van der Waals surface area (Å²) in [4.78, 5) is 15.6. The van der Waals surface area contributed by atoms with E-state index in [1.54, 1.807) is 12.3 Å². The van der Waals surface area contributed by atoms with Crippen LogP contribution in [0.3, 0.4) is 0 Å². The Bertz CT molecular complexity index is 1110. The van der Waals surface area contributed by atoms with Crippen LogP contribution in [0.2, 0.25) is 5.15 Å². The van der Waals surface area contributed by atoms with E-state index in [-0.39, 0.29) is 16.2 Å². The monoisotopic (exact) mass is 441 g/mol. The van der Waals surface area contributed by atoms with E-state index in [4.69, 9.17) is 16.6 Å². The van der Waals surface area contributed by atoms with E-state index in [1.807, 2.05) is 26.8 Å². The van der Waals surface area contributed by atoms with Gasteiger partial charge in [0.25, 0.3) is 0 Å². The first kappa shape index (κ1) is 20.0. The molecule has 0 radical (unpaired) electrons. The summed E-state index contributed by atoms with van der Waals surface area (Å²) in [6.07, 6.45) is 2.73. The van der Waals surface area contributed by atoms with Crippen LogP contribution >= 0.6 is 11.6 Å². The second-order valence-electron chi connectivity index (χ2n) is 9.23. The van der Waals surface area contributed by atoms with Crippen molar-refractivity contribution in [3.63, 3.8) is 0 Å². The van der Waals surface area contributed by atoms with E-state index in [9.17, 15) is 4.55 Å². The van der Waals surface area contributed by atoms with Crippen molar-refractivity contribution in [1.29, 1.82) is 0 Å². The number of halogens is 1. The van der Waals surface area contributed by atoms with Crippen LogP contribution in [0.5, 0.6) is 0 Å². The van der Waals surface area contributed by atoms with Crippen LogP contribution in [0.15, 0.2) is 42.6 Å². The number of hydrogen-bond donors (Lipinski definition) is 1. The fourth-order valence-electron chi connectivity index (χ4n) is 4.45. The summed E-state index contributed by atoms with van der Waals surface area (Å²) in [5, 5.41) is 0.414. The van der Waals surface area contributed by atoms with Crippen molar-refractivity contribution < 1.29 is 4.55 Å². The molecular weight excluding hydrogens is 418 g/mol. The third kappa shape index (κ3) is 3.34. The number of benzene rings is 1. The molecule has 0 amide bonds. The van der Waals surface area contributed by atoms with Gasteiger partial charge < -0.3 is 9.45 Å². The maximum atomic E-state index is 12.9. The summed E-state index contributed by atoms with van der Waals surface area (Å²) < 4.78 is 16.1. The fraction of sp³-hybridized carbons (Fsp3) is 0.409. The molecule has 0 bridgehead atoms. The van der Waals surface area contributed by atoms with Gasteiger partial charge in [-0.25, -0.2) is 15.0 Å². The summed E-state index contributed by atoms with van der Waals surface area (Å²) in [6, 6.07) is 12.1. The Balaban J connectivity index is 1.41. The largest absolute Gasteiger partial charge is 0.598 e. The Kier molecular flexibility index (Phi) is 4.70. The minimum absolute atomic E-state index is 0.000516. The zero-order valence-electron chi connectivity index (χ0n) is 17.2. The summed E-state index contributed by atoms with van der Waals surface area (Å²) in [5.74, 6) is 0.837. The first-order chi connectivity index (χ1) is 14.2. The average molecular weight is 442 g/mol. The molecule has 1 saturated heterocycles. The van der Waals surface area contributed by atoms with Crippen LogP contribution in [0.1, 0.15) is 37.9 Å². The molecule has 30 heavy (non-hydrogen) atoms. The second kappa shape index (κ2) is 7.05. The maximum absolute atomic E-state index is 12.9. The van der Waals surface area contributed by atoms with Gasteiger partial charge in [0.1, 0.15) is 21.2 Å². The number of nitrogens with zero attached hydrogens (tertiary/aromatic N) is 4. The highest BCUT2D eigenvalue weighted by Gasteiger charge is 2.56. The van der Waals surface area contributed by atoms with Gasteiger partial charge in [-0.15, -0.1) is 4.72 Å².